The lowest BCUT2D eigenvalue weighted by Gasteiger charge is -2.12. The maximum absolute atomic E-state index is 6.61. The van der Waals surface area contributed by atoms with Gasteiger partial charge in [0.25, 0.3) is 0 Å². The van der Waals surface area contributed by atoms with Crippen molar-refractivity contribution >= 4 is 32.7 Å². The average Bonchev–Trinajstić information content (AvgIpc) is 3.71. The van der Waals surface area contributed by atoms with Crippen LogP contribution in [0, 0.1) is 0 Å². The molecule has 0 bridgehead atoms. The molecular formula is C55H35N3O. The van der Waals surface area contributed by atoms with E-state index in [4.69, 9.17) is 19.4 Å². The van der Waals surface area contributed by atoms with Crippen LogP contribution in [-0.4, -0.2) is 15.0 Å². The standard InChI is InChI=1S/C55H35N3O/c1-3-12-36(13-4-1)38-21-27-41(28-22-38)50-35-51(58-55(57-50)43-31-23-39(24-32-43)37-14-5-2-6-15-37)42-29-25-40(26-30-42)47-34-48-53-46(49-19-9-10-33-56-49)18-11-20-52(53)59-54(48)45-17-8-7-16-44(45)47/h1-35H. The Balaban J connectivity index is 1.02. The molecular weight excluding hydrogens is 719 g/mol. The van der Waals surface area contributed by atoms with E-state index in [1.165, 1.54) is 11.1 Å². The highest BCUT2D eigenvalue weighted by molar-refractivity contribution is 6.22. The number of aromatic nitrogens is 3. The lowest BCUT2D eigenvalue weighted by atomic mass is 9.93. The summed E-state index contributed by atoms with van der Waals surface area (Å²) >= 11 is 0. The van der Waals surface area contributed by atoms with Gasteiger partial charge in [0.2, 0.25) is 0 Å². The van der Waals surface area contributed by atoms with Crippen molar-refractivity contribution in [3.05, 3.63) is 212 Å². The number of rotatable bonds is 7. The molecule has 4 heteroatoms. The molecule has 4 nitrogen and oxygen atoms in total. The number of hydrogen-bond donors (Lipinski definition) is 0. The largest absolute Gasteiger partial charge is 0.455 e. The van der Waals surface area contributed by atoms with Gasteiger partial charge in [-0.15, -0.1) is 0 Å². The van der Waals surface area contributed by atoms with Crippen molar-refractivity contribution in [2.45, 2.75) is 0 Å². The monoisotopic (exact) mass is 753 g/mol. The molecule has 3 heterocycles. The first kappa shape index (κ1) is 34.3. The fourth-order valence-corrected chi connectivity index (χ4v) is 8.22. The minimum Gasteiger partial charge on any atom is -0.455 e. The SMILES string of the molecule is c1ccc(-c2ccc(-c3cc(-c4ccc(-c5cc6c(oc7cccc(-c8ccccn8)c76)c6ccccc56)cc4)nc(-c4ccc(-c5ccccc5)cc4)n3)cc2)cc1. The van der Waals surface area contributed by atoms with Gasteiger partial charge in [-0.25, -0.2) is 9.97 Å². The van der Waals surface area contributed by atoms with Gasteiger partial charge in [0.1, 0.15) is 11.2 Å². The van der Waals surface area contributed by atoms with Crippen LogP contribution in [0.5, 0.6) is 0 Å². The van der Waals surface area contributed by atoms with Gasteiger partial charge in [0.15, 0.2) is 5.82 Å². The molecule has 0 atom stereocenters. The number of nitrogens with zero attached hydrogens (tertiary/aromatic N) is 3. The van der Waals surface area contributed by atoms with Gasteiger partial charge in [-0.05, 0) is 69.1 Å². The van der Waals surface area contributed by atoms with Crippen LogP contribution in [0.15, 0.2) is 217 Å². The molecule has 59 heavy (non-hydrogen) atoms. The van der Waals surface area contributed by atoms with Crippen molar-refractivity contribution in [1.29, 1.82) is 0 Å². The third kappa shape index (κ3) is 6.34. The van der Waals surface area contributed by atoms with E-state index in [1.807, 2.05) is 42.6 Å². The number of furan rings is 1. The van der Waals surface area contributed by atoms with Crippen LogP contribution >= 0.6 is 0 Å². The Hall–Kier alpha value is -7.95. The second-order valence-electron chi connectivity index (χ2n) is 14.8. The topological polar surface area (TPSA) is 51.8 Å². The molecule has 0 aliphatic rings. The van der Waals surface area contributed by atoms with Gasteiger partial charge in [-0.1, -0.05) is 176 Å². The van der Waals surface area contributed by atoms with E-state index in [2.05, 4.69) is 170 Å². The van der Waals surface area contributed by atoms with Crippen molar-refractivity contribution in [3.63, 3.8) is 0 Å². The van der Waals surface area contributed by atoms with E-state index in [1.54, 1.807) is 0 Å². The molecule has 0 fully saturated rings. The van der Waals surface area contributed by atoms with E-state index in [9.17, 15) is 0 Å². The van der Waals surface area contributed by atoms with E-state index in [0.717, 1.165) is 94.3 Å². The van der Waals surface area contributed by atoms with Gasteiger partial charge >= 0.3 is 0 Å². The zero-order valence-corrected chi connectivity index (χ0v) is 32.0. The summed E-state index contributed by atoms with van der Waals surface area (Å²) in [5.41, 5.74) is 15.4. The van der Waals surface area contributed by atoms with E-state index in [-0.39, 0.29) is 0 Å². The Labute approximate surface area is 341 Å². The quantitative estimate of drug-likeness (QED) is 0.163. The second-order valence-corrected chi connectivity index (χ2v) is 14.8. The third-order valence-electron chi connectivity index (χ3n) is 11.2. The zero-order chi connectivity index (χ0) is 39.1. The highest BCUT2D eigenvalue weighted by Gasteiger charge is 2.19. The summed E-state index contributed by atoms with van der Waals surface area (Å²) < 4.78 is 6.61. The van der Waals surface area contributed by atoms with E-state index in [0.29, 0.717) is 5.82 Å². The molecule has 0 N–H and O–H groups in total. The first-order valence-electron chi connectivity index (χ1n) is 19.8. The molecule has 11 rings (SSSR count). The van der Waals surface area contributed by atoms with E-state index < -0.39 is 0 Å². The number of fused-ring (bicyclic) bond motifs is 5. The molecule has 276 valence electrons. The molecule has 8 aromatic carbocycles. The fourth-order valence-electron chi connectivity index (χ4n) is 8.22. The Morgan fingerprint density at radius 1 is 0.322 bits per heavy atom. The van der Waals surface area contributed by atoms with E-state index >= 15 is 0 Å². The molecule has 0 aliphatic heterocycles. The highest BCUT2D eigenvalue weighted by atomic mass is 16.3. The maximum Gasteiger partial charge on any atom is 0.160 e. The van der Waals surface area contributed by atoms with Gasteiger partial charge in [-0.3, -0.25) is 4.98 Å². The summed E-state index contributed by atoms with van der Waals surface area (Å²) in [6, 6.07) is 71.9. The number of hydrogen-bond acceptors (Lipinski definition) is 4. The molecule has 0 radical (unpaired) electrons. The van der Waals surface area contributed by atoms with Crippen LogP contribution in [0.1, 0.15) is 0 Å². The molecule has 11 aromatic rings. The molecule has 0 saturated carbocycles. The number of pyridine rings is 1. The highest BCUT2D eigenvalue weighted by Crippen LogP contribution is 2.43. The second kappa shape index (κ2) is 14.5. The van der Waals surface area contributed by atoms with Crippen LogP contribution in [0.2, 0.25) is 0 Å². The van der Waals surface area contributed by atoms with Crippen LogP contribution in [0.4, 0.5) is 0 Å². The molecule has 0 unspecified atom stereocenters. The van der Waals surface area contributed by atoms with Crippen molar-refractivity contribution in [3.8, 4) is 78.5 Å². The Morgan fingerprint density at radius 2 is 0.847 bits per heavy atom. The lowest BCUT2D eigenvalue weighted by molar-refractivity contribution is 0.673. The number of benzene rings is 8. The van der Waals surface area contributed by atoms with Crippen LogP contribution in [0.3, 0.4) is 0 Å². The first-order valence-corrected chi connectivity index (χ1v) is 19.8. The third-order valence-corrected chi connectivity index (χ3v) is 11.2. The first-order chi connectivity index (χ1) is 29.2. The molecule has 3 aromatic heterocycles. The summed E-state index contributed by atoms with van der Waals surface area (Å²) in [6.45, 7) is 0. The van der Waals surface area contributed by atoms with Gasteiger partial charge in [0, 0.05) is 44.6 Å². The predicted molar refractivity (Wildman–Crippen MR) is 243 cm³/mol. The molecule has 0 aliphatic carbocycles. The summed E-state index contributed by atoms with van der Waals surface area (Å²) in [5.74, 6) is 0.681. The Morgan fingerprint density at radius 3 is 1.46 bits per heavy atom. The van der Waals surface area contributed by atoms with Crippen LogP contribution in [-0.2, 0) is 0 Å². The molecule has 0 saturated heterocycles. The minimum absolute atomic E-state index is 0.681. The lowest BCUT2D eigenvalue weighted by Crippen LogP contribution is -1.96. The van der Waals surface area contributed by atoms with Crippen molar-refractivity contribution in [2.24, 2.45) is 0 Å². The van der Waals surface area contributed by atoms with Gasteiger partial charge < -0.3 is 4.42 Å². The summed E-state index contributed by atoms with van der Waals surface area (Å²) in [5, 5.41) is 4.35. The molecule has 0 amide bonds. The zero-order valence-electron chi connectivity index (χ0n) is 32.0. The normalized spacial score (nSPS) is 11.4. The summed E-state index contributed by atoms with van der Waals surface area (Å²) in [4.78, 5) is 15.1. The van der Waals surface area contributed by atoms with Crippen LogP contribution < -0.4 is 0 Å². The van der Waals surface area contributed by atoms with Crippen molar-refractivity contribution in [1.82, 2.24) is 15.0 Å². The fraction of sp³-hybridized carbons (Fsp3) is 0. The Bertz CT molecular complexity index is 3170. The van der Waals surface area contributed by atoms with Crippen molar-refractivity contribution < 1.29 is 4.42 Å². The predicted octanol–water partition coefficient (Wildman–Crippen LogP) is 14.6. The molecule has 0 spiro atoms. The Kier molecular flexibility index (Phi) is 8.45. The average molecular weight is 754 g/mol. The summed E-state index contributed by atoms with van der Waals surface area (Å²) in [6.07, 6.45) is 1.84. The minimum atomic E-state index is 0.681. The van der Waals surface area contributed by atoms with Gasteiger partial charge in [0.05, 0.1) is 17.1 Å². The van der Waals surface area contributed by atoms with Crippen molar-refractivity contribution in [2.75, 3.05) is 0 Å². The van der Waals surface area contributed by atoms with Gasteiger partial charge in [-0.2, -0.15) is 0 Å². The summed E-state index contributed by atoms with van der Waals surface area (Å²) in [7, 11) is 0. The maximum atomic E-state index is 6.61. The smallest absolute Gasteiger partial charge is 0.160 e. The van der Waals surface area contributed by atoms with Crippen LogP contribution in [0.25, 0.3) is 111 Å².